The minimum Gasteiger partial charge on any atom is -0.439 e. The Bertz CT molecular complexity index is 1070. The van der Waals surface area contributed by atoms with Crippen molar-refractivity contribution < 1.29 is 9.53 Å². The zero-order valence-corrected chi connectivity index (χ0v) is 16.5. The molecule has 0 aliphatic carbocycles. The summed E-state index contributed by atoms with van der Waals surface area (Å²) in [6.07, 6.45) is 5.16. The summed E-state index contributed by atoms with van der Waals surface area (Å²) in [5.41, 5.74) is 3.10. The maximum absolute atomic E-state index is 12.4. The van der Waals surface area contributed by atoms with Crippen LogP contribution < -0.4 is 15.5 Å². The summed E-state index contributed by atoms with van der Waals surface area (Å²) in [5.74, 6) is 1.09. The molecule has 5 heterocycles. The number of carbonyl (C=O) groups excluding carboxylic acids is 1. The fraction of sp³-hybridized carbons (Fsp3) is 0.400. The van der Waals surface area contributed by atoms with E-state index in [-0.39, 0.29) is 6.09 Å². The number of amides is 1. The average molecular weight is 393 g/mol. The molecule has 5 rings (SSSR count). The molecule has 3 N–H and O–H groups in total. The van der Waals surface area contributed by atoms with Crippen molar-refractivity contribution in [3.8, 4) is 0 Å². The lowest BCUT2D eigenvalue weighted by atomic mass is 9.94. The number of aryl methyl sites for hydroxylation is 2. The Hall–Kier alpha value is -3.20. The predicted molar refractivity (Wildman–Crippen MR) is 110 cm³/mol. The van der Waals surface area contributed by atoms with Gasteiger partial charge in [0.1, 0.15) is 17.1 Å². The fourth-order valence-electron chi connectivity index (χ4n) is 4.17. The largest absolute Gasteiger partial charge is 0.439 e. The van der Waals surface area contributed by atoms with Crippen molar-refractivity contribution in [1.82, 2.24) is 25.3 Å². The molecule has 1 atom stereocenters. The Balaban J connectivity index is 1.34. The number of H-pyrrole nitrogens is 1. The maximum Gasteiger partial charge on any atom is 0.415 e. The number of aromatic nitrogens is 4. The molecule has 9 nitrogen and oxygen atoms in total. The van der Waals surface area contributed by atoms with Gasteiger partial charge in [0.05, 0.1) is 24.1 Å². The highest BCUT2D eigenvalue weighted by molar-refractivity contribution is 5.90. The predicted octanol–water partition coefficient (Wildman–Crippen LogP) is 2.79. The Morgan fingerprint density at radius 1 is 1.28 bits per heavy atom. The average Bonchev–Trinajstić information content (AvgIpc) is 3.23. The molecule has 0 radical (unpaired) electrons. The van der Waals surface area contributed by atoms with Crippen LogP contribution in [0, 0.1) is 13.8 Å². The molecule has 1 amide bonds. The van der Waals surface area contributed by atoms with Crippen LogP contribution in [0.4, 0.5) is 22.2 Å². The second-order valence-corrected chi connectivity index (χ2v) is 7.77. The first-order valence-corrected chi connectivity index (χ1v) is 9.80. The Morgan fingerprint density at radius 2 is 2.17 bits per heavy atom. The van der Waals surface area contributed by atoms with E-state index in [1.54, 1.807) is 11.1 Å². The van der Waals surface area contributed by atoms with Crippen molar-refractivity contribution in [2.75, 3.05) is 29.9 Å². The number of pyridine rings is 1. The van der Waals surface area contributed by atoms with Gasteiger partial charge in [0.2, 0.25) is 5.95 Å². The summed E-state index contributed by atoms with van der Waals surface area (Å²) < 4.78 is 5.70. The van der Waals surface area contributed by atoms with Crippen LogP contribution in [0.3, 0.4) is 0 Å². The smallest absolute Gasteiger partial charge is 0.415 e. The molecule has 0 saturated carbocycles. The summed E-state index contributed by atoms with van der Waals surface area (Å²) in [6, 6.07) is 3.67. The fourth-order valence-corrected chi connectivity index (χ4v) is 4.17. The van der Waals surface area contributed by atoms with Crippen LogP contribution in [0.2, 0.25) is 0 Å². The monoisotopic (exact) mass is 393 g/mol. The first-order valence-electron chi connectivity index (χ1n) is 9.80. The number of rotatable bonds is 3. The summed E-state index contributed by atoms with van der Waals surface area (Å²) in [5, 5.41) is 7.49. The Morgan fingerprint density at radius 3 is 2.93 bits per heavy atom. The molecule has 0 bridgehead atoms. The van der Waals surface area contributed by atoms with E-state index < -0.39 is 5.60 Å². The molecule has 150 valence electrons. The van der Waals surface area contributed by atoms with E-state index in [0.717, 1.165) is 47.4 Å². The summed E-state index contributed by atoms with van der Waals surface area (Å²) in [6.45, 7) is 6.19. The van der Waals surface area contributed by atoms with Gasteiger partial charge < -0.3 is 20.4 Å². The second-order valence-electron chi connectivity index (χ2n) is 7.77. The van der Waals surface area contributed by atoms with Gasteiger partial charge >= 0.3 is 6.09 Å². The van der Waals surface area contributed by atoms with E-state index in [9.17, 15) is 4.79 Å². The molecular formula is C20H23N7O2. The number of fused-ring (bicyclic) bond motifs is 1. The molecule has 9 heteroatoms. The third-order valence-electron chi connectivity index (χ3n) is 5.61. The van der Waals surface area contributed by atoms with E-state index in [0.29, 0.717) is 24.9 Å². The van der Waals surface area contributed by atoms with E-state index in [1.165, 1.54) is 0 Å². The number of hydrogen-bond acceptors (Lipinski definition) is 7. The Labute approximate surface area is 167 Å². The Kier molecular flexibility index (Phi) is 4.13. The van der Waals surface area contributed by atoms with Gasteiger partial charge in [-0.25, -0.2) is 14.8 Å². The van der Waals surface area contributed by atoms with Gasteiger partial charge in [-0.3, -0.25) is 4.90 Å². The van der Waals surface area contributed by atoms with Crippen LogP contribution in [-0.2, 0) is 4.74 Å². The zero-order chi connectivity index (χ0) is 20.0. The number of ether oxygens (including phenoxy) is 1. The van der Waals surface area contributed by atoms with E-state index in [4.69, 9.17) is 4.74 Å². The highest BCUT2D eigenvalue weighted by Crippen LogP contribution is 2.32. The summed E-state index contributed by atoms with van der Waals surface area (Å²) in [4.78, 5) is 30.7. The molecular weight excluding hydrogens is 370 g/mol. The minimum atomic E-state index is -0.429. The van der Waals surface area contributed by atoms with Crippen molar-refractivity contribution in [3.63, 3.8) is 0 Å². The van der Waals surface area contributed by atoms with Crippen LogP contribution in [0.25, 0.3) is 11.0 Å². The van der Waals surface area contributed by atoms with Crippen molar-refractivity contribution in [2.45, 2.75) is 32.3 Å². The molecule has 1 spiro atoms. The standard InChI is InChI=1S/C20H23N7O2/c1-12-8-23-17-16(12)13(2)24-18(26-17)25-15-5-4-14(9-22-15)27-11-20(29-19(27)28)6-3-7-21-10-20/h4-5,8-9,21H,3,6-7,10-11H2,1-2H3,(H2,22,23,24,25,26). The number of nitrogens with zero attached hydrogens (tertiary/aromatic N) is 4. The molecule has 0 aromatic carbocycles. The lowest BCUT2D eigenvalue weighted by Crippen LogP contribution is -2.48. The van der Waals surface area contributed by atoms with Gasteiger partial charge in [0, 0.05) is 18.1 Å². The molecule has 3 aromatic rings. The van der Waals surface area contributed by atoms with Gasteiger partial charge in [-0.1, -0.05) is 0 Å². The molecule has 29 heavy (non-hydrogen) atoms. The van der Waals surface area contributed by atoms with Crippen molar-refractivity contribution in [2.24, 2.45) is 0 Å². The normalized spacial score (nSPS) is 21.7. The van der Waals surface area contributed by atoms with Crippen LogP contribution in [0.15, 0.2) is 24.5 Å². The quantitative estimate of drug-likeness (QED) is 0.628. The highest BCUT2D eigenvalue weighted by atomic mass is 16.6. The van der Waals surface area contributed by atoms with Gasteiger partial charge in [-0.05, 0) is 50.9 Å². The van der Waals surface area contributed by atoms with Crippen LogP contribution >= 0.6 is 0 Å². The molecule has 2 fully saturated rings. The highest BCUT2D eigenvalue weighted by Gasteiger charge is 2.46. The minimum absolute atomic E-state index is 0.317. The van der Waals surface area contributed by atoms with Crippen LogP contribution in [0.1, 0.15) is 24.1 Å². The third-order valence-corrected chi connectivity index (χ3v) is 5.61. The van der Waals surface area contributed by atoms with Crippen molar-refractivity contribution in [1.29, 1.82) is 0 Å². The SMILES string of the molecule is Cc1c[nH]c2nc(Nc3ccc(N4CC5(CCCNC5)OC4=O)cn3)nc(C)c12. The lowest BCUT2D eigenvalue weighted by molar-refractivity contribution is 0.0366. The van der Waals surface area contributed by atoms with Gasteiger partial charge in [0.25, 0.3) is 0 Å². The first-order chi connectivity index (χ1) is 14.0. The number of aromatic amines is 1. The van der Waals surface area contributed by atoms with Gasteiger partial charge in [-0.15, -0.1) is 0 Å². The molecule has 1 unspecified atom stereocenters. The lowest BCUT2D eigenvalue weighted by Gasteiger charge is -2.31. The van der Waals surface area contributed by atoms with Crippen molar-refractivity contribution >= 4 is 34.6 Å². The third kappa shape index (κ3) is 3.17. The van der Waals surface area contributed by atoms with Crippen molar-refractivity contribution in [3.05, 3.63) is 35.8 Å². The number of piperidine rings is 1. The summed E-state index contributed by atoms with van der Waals surface area (Å²) in [7, 11) is 0. The van der Waals surface area contributed by atoms with Gasteiger partial charge in [-0.2, -0.15) is 4.98 Å². The van der Waals surface area contributed by atoms with Crippen LogP contribution in [-0.4, -0.2) is 51.3 Å². The van der Waals surface area contributed by atoms with Gasteiger partial charge in [0.15, 0.2) is 0 Å². The molecule has 2 aliphatic rings. The number of hydrogen-bond donors (Lipinski definition) is 3. The number of nitrogens with one attached hydrogen (secondary N) is 3. The first kappa shape index (κ1) is 17.9. The zero-order valence-electron chi connectivity index (χ0n) is 16.5. The molecule has 2 aliphatic heterocycles. The summed E-state index contributed by atoms with van der Waals surface area (Å²) >= 11 is 0. The van der Waals surface area contributed by atoms with Crippen LogP contribution in [0.5, 0.6) is 0 Å². The maximum atomic E-state index is 12.4. The van der Waals surface area contributed by atoms with E-state index in [1.807, 2.05) is 32.2 Å². The molecule has 2 saturated heterocycles. The van der Waals surface area contributed by atoms with E-state index >= 15 is 0 Å². The topological polar surface area (TPSA) is 108 Å². The second kappa shape index (κ2) is 6.70. The molecule has 3 aromatic heterocycles. The van der Waals surface area contributed by atoms with E-state index in [2.05, 4.69) is 30.6 Å². The number of anilines is 3. The number of carbonyl (C=O) groups is 1.